The molecule has 0 aliphatic heterocycles. The molecule has 0 unspecified atom stereocenters. The molecule has 0 aliphatic rings. The number of aryl methyl sites for hydroxylation is 1. The zero-order valence-corrected chi connectivity index (χ0v) is 15.0. The maximum absolute atomic E-state index is 12.9. The van der Waals surface area contributed by atoms with Gasteiger partial charge in [0.2, 0.25) is 5.91 Å². The number of hydrogen-bond donors (Lipinski definition) is 1. The number of amides is 2. The minimum Gasteiger partial charge on any atom is -0.484 e. The molecule has 26 heavy (non-hydrogen) atoms. The van der Waals surface area contributed by atoms with Crippen LogP contribution in [0.1, 0.15) is 18.1 Å². The molecule has 0 heterocycles. The first-order valence-electron chi connectivity index (χ1n) is 8.40. The van der Waals surface area contributed by atoms with E-state index in [1.807, 2.05) is 31.2 Å². The van der Waals surface area contributed by atoms with Crippen LogP contribution in [-0.4, -0.2) is 36.4 Å². The van der Waals surface area contributed by atoms with Crippen molar-refractivity contribution in [3.05, 3.63) is 65.5 Å². The van der Waals surface area contributed by atoms with E-state index in [4.69, 9.17) is 4.74 Å². The van der Waals surface area contributed by atoms with Crippen LogP contribution in [0.4, 0.5) is 4.39 Å². The summed E-state index contributed by atoms with van der Waals surface area (Å²) in [6.07, 6.45) is 0. The van der Waals surface area contributed by atoms with E-state index in [1.54, 1.807) is 17.0 Å². The fourth-order valence-electron chi connectivity index (χ4n) is 2.32. The molecule has 2 aromatic carbocycles. The number of nitrogens with zero attached hydrogens (tertiary/aromatic N) is 1. The van der Waals surface area contributed by atoms with Gasteiger partial charge in [0.15, 0.2) is 6.61 Å². The highest BCUT2D eigenvalue weighted by Crippen LogP contribution is 2.11. The largest absolute Gasteiger partial charge is 0.484 e. The number of rotatable bonds is 8. The molecular formula is C20H23FN2O3. The summed E-state index contributed by atoms with van der Waals surface area (Å²) >= 11 is 0. The smallest absolute Gasteiger partial charge is 0.258 e. The minimum atomic E-state index is -0.316. The Balaban J connectivity index is 1.74. The molecule has 0 radical (unpaired) electrons. The Hall–Kier alpha value is -2.89. The average Bonchev–Trinajstić information content (AvgIpc) is 2.62. The maximum Gasteiger partial charge on any atom is 0.258 e. The molecule has 138 valence electrons. The van der Waals surface area contributed by atoms with Crippen LogP contribution in [0.15, 0.2) is 48.5 Å². The van der Waals surface area contributed by atoms with E-state index in [0.717, 1.165) is 11.1 Å². The van der Waals surface area contributed by atoms with Crippen LogP contribution in [-0.2, 0) is 16.1 Å². The summed E-state index contributed by atoms with van der Waals surface area (Å²) in [5, 5.41) is 2.73. The van der Waals surface area contributed by atoms with E-state index >= 15 is 0 Å². The first-order valence-corrected chi connectivity index (χ1v) is 8.40. The molecule has 2 rings (SSSR count). The molecule has 6 heteroatoms. The van der Waals surface area contributed by atoms with Crippen molar-refractivity contribution in [2.45, 2.75) is 20.4 Å². The Bertz CT molecular complexity index is 730. The predicted octanol–water partition coefficient (Wildman–Crippen LogP) is 2.68. The van der Waals surface area contributed by atoms with Crippen molar-refractivity contribution in [2.24, 2.45) is 0 Å². The summed E-state index contributed by atoms with van der Waals surface area (Å²) in [7, 11) is 0. The van der Waals surface area contributed by atoms with Crippen LogP contribution in [0.25, 0.3) is 0 Å². The van der Waals surface area contributed by atoms with Crippen molar-refractivity contribution in [3.8, 4) is 5.75 Å². The van der Waals surface area contributed by atoms with Gasteiger partial charge in [-0.15, -0.1) is 0 Å². The molecular weight excluding hydrogens is 335 g/mol. The van der Waals surface area contributed by atoms with Crippen molar-refractivity contribution in [3.63, 3.8) is 0 Å². The maximum atomic E-state index is 12.9. The quantitative estimate of drug-likeness (QED) is 0.789. The Labute approximate surface area is 152 Å². The number of carbonyl (C=O) groups excluding carboxylic acids is 2. The Morgan fingerprint density at radius 1 is 1.08 bits per heavy atom. The van der Waals surface area contributed by atoms with E-state index in [-0.39, 0.29) is 24.2 Å². The van der Waals surface area contributed by atoms with Gasteiger partial charge in [-0.3, -0.25) is 9.59 Å². The third-order valence-corrected chi connectivity index (χ3v) is 3.83. The molecule has 0 spiro atoms. The highest BCUT2D eigenvalue weighted by Gasteiger charge is 2.10. The lowest BCUT2D eigenvalue weighted by atomic mass is 10.2. The second kappa shape index (κ2) is 9.56. The fraction of sp³-hybridized carbons (Fsp3) is 0.300. The van der Waals surface area contributed by atoms with Gasteiger partial charge in [-0.2, -0.15) is 0 Å². The van der Waals surface area contributed by atoms with Gasteiger partial charge in [-0.05, 0) is 36.8 Å². The molecule has 0 saturated carbocycles. The number of benzene rings is 2. The van der Waals surface area contributed by atoms with Crippen LogP contribution in [0.5, 0.6) is 5.75 Å². The van der Waals surface area contributed by atoms with E-state index in [0.29, 0.717) is 25.4 Å². The molecule has 0 bridgehead atoms. The second-order valence-corrected chi connectivity index (χ2v) is 6.02. The average molecular weight is 358 g/mol. The summed E-state index contributed by atoms with van der Waals surface area (Å²) in [6, 6.07) is 13.4. The number of hydrogen-bond acceptors (Lipinski definition) is 3. The lowest BCUT2D eigenvalue weighted by Gasteiger charge is -2.21. The van der Waals surface area contributed by atoms with Crippen LogP contribution in [0.2, 0.25) is 0 Å². The van der Waals surface area contributed by atoms with Gasteiger partial charge in [0.1, 0.15) is 11.6 Å². The van der Waals surface area contributed by atoms with Crippen molar-refractivity contribution in [1.82, 2.24) is 10.2 Å². The van der Waals surface area contributed by atoms with Gasteiger partial charge in [0.05, 0.1) is 0 Å². The number of carbonyl (C=O) groups is 2. The highest BCUT2D eigenvalue weighted by molar-refractivity contribution is 5.77. The van der Waals surface area contributed by atoms with Crippen LogP contribution < -0.4 is 10.1 Å². The molecule has 0 saturated heterocycles. The van der Waals surface area contributed by atoms with Gasteiger partial charge in [0.25, 0.3) is 5.91 Å². The fourth-order valence-corrected chi connectivity index (χ4v) is 2.32. The molecule has 0 aliphatic carbocycles. The van der Waals surface area contributed by atoms with E-state index in [2.05, 4.69) is 5.32 Å². The van der Waals surface area contributed by atoms with Gasteiger partial charge >= 0.3 is 0 Å². The first-order chi connectivity index (χ1) is 12.4. The summed E-state index contributed by atoms with van der Waals surface area (Å²) in [5.41, 5.74) is 1.95. The van der Waals surface area contributed by atoms with Crippen molar-refractivity contribution in [2.75, 3.05) is 19.7 Å². The van der Waals surface area contributed by atoms with Crippen molar-refractivity contribution >= 4 is 11.8 Å². The lowest BCUT2D eigenvalue weighted by Crippen LogP contribution is -2.38. The Morgan fingerprint density at radius 2 is 1.73 bits per heavy atom. The van der Waals surface area contributed by atoms with E-state index in [9.17, 15) is 14.0 Å². The van der Waals surface area contributed by atoms with Crippen LogP contribution in [0.3, 0.4) is 0 Å². The molecule has 0 atom stereocenters. The van der Waals surface area contributed by atoms with Gasteiger partial charge in [-0.1, -0.05) is 29.8 Å². The van der Waals surface area contributed by atoms with E-state index in [1.165, 1.54) is 19.1 Å². The second-order valence-electron chi connectivity index (χ2n) is 6.02. The topological polar surface area (TPSA) is 58.6 Å². The lowest BCUT2D eigenvalue weighted by molar-refractivity contribution is -0.130. The van der Waals surface area contributed by atoms with Gasteiger partial charge < -0.3 is 15.0 Å². The third-order valence-electron chi connectivity index (χ3n) is 3.83. The summed E-state index contributed by atoms with van der Waals surface area (Å²) < 4.78 is 18.4. The molecule has 0 fully saturated rings. The van der Waals surface area contributed by atoms with Crippen molar-refractivity contribution in [1.29, 1.82) is 0 Å². The normalized spacial score (nSPS) is 10.3. The highest BCUT2D eigenvalue weighted by atomic mass is 19.1. The van der Waals surface area contributed by atoms with Crippen molar-refractivity contribution < 1.29 is 18.7 Å². The zero-order chi connectivity index (χ0) is 18.9. The van der Waals surface area contributed by atoms with Gasteiger partial charge in [0, 0.05) is 26.6 Å². The Kier molecular flexibility index (Phi) is 7.14. The minimum absolute atomic E-state index is 0.0822. The van der Waals surface area contributed by atoms with Crippen LogP contribution >= 0.6 is 0 Å². The SMILES string of the molecule is CC(=O)N(CCNC(=O)COc1ccc(C)cc1)Cc1ccc(F)cc1. The molecule has 2 amide bonds. The molecule has 2 aromatic rings. The summed E-state index contributed by atoms with van der Waals surface area (Å²) in [4.78, 5) is 25.2. The molecule has 5 nitrogen and oxygen atoms in total. The Morgan fingerprint density at radius 3 is 2.35 bits per heavy atom. The zero-order valence-electron chi connectivity index (χ0n) is 15.0. The van der Waals surface area contributed by atoms with Crippen LogP contribution in [0, 0.1) is 12.7 Å². The number of nitrogens with one attached hydrogen (secondary N) is 1. The van der Waals surface area contributed by atoms with Gasteiger partial charge in [-0.25, -0.2) is 4.39 Å². The summed E-state index contributed by atoms with van der Waals surface area (Å²) in [5.74, 6) is -0.0493. The summed E-state index contributed by atoms with van der Waals surface area (Å²) in [6.45, 7) is 4.40. The van der Waals surface area contributed by atoms with E-state index < -0.39 is 0 Å². The first kappa shape index (κ1) is 19.4. The molecule has 1 N–H and O–H groups in total. The number of halogens is 1. The third kappa shape index (κ3) is 6.55. The standard InChI is InChI=1S/C20H23FN2O3/c1-15-3-9-19(10-4-15)26-14-20(25)22-11-12-23(16(2)24)13-17-5-7-18(21)8-6-17/h3-10H,11-14H2,1-2H3,(H,22,25). The number of ether oxygens (including phenoxy) is 1. The monoisotopic (exact) mass is 358 g/mol. The predicted molar refractivity (Wildman–Crippen MR) is 97.2 cm³/mol. The molecule has 0 aromatic heterocycles.